The van der Waals surface area contributed by atoms with Crippen LogP contribution in [-0.2, 0) is 19.4 Å². The second kappa shape index (κ2) is 8.80. The number of aryl methyl sites for hydroxylation is 2. The third-order valence-corrected chi connectivity index (χ3v) is 5.11. The Labute approximate surface area is 170 Å². The monoisotopic (exact) mass is 387 g/mol. The minimum atomic E-state index is -0.0571. The van der Waals surface area contributed by atoms with Crippen molar-refractivity contribution in [1.29, 1.82) is 0 Å². The summed E-state index contributed by atoms with van der Waals surface area (Å²) in [5.41, 5.74) is 6.39. The van der Waals surface area contributed by atoms with E-state index in [4.69, 9.17) is 4.74 Å². The maximum Gasteiger partial charge on any atom is 0.120 e. The number of nitrogens with one attached hydrogen (secondary N) is 2. The molecule has 0 amide bonds. The number of rotatable bonds is 8. The SMILES string of the molecule is COc1ccc2c(CCCc3ccc(Nc4ccnc(CO)c4)cc3)c[nH]c2c1. The van der Waals surface area contributed by atoms with Gasteiger partial charge in [0.2, 0.25) is 0 Å². The van der Waals surface area contributed by atoms with Gasteiger partial charge in [0.05, 0.1) is 19.4 Å². The summed E-state index contributed by atoms with van der Waals surface area (Å²) >= 11 is 0. The van der Waals surface area contributed by atoms with Crippen molar-refractivity contribution in [2.45, 2.75) is 25.9 Å². The van der Waals surface area contributed by atoms with Crippen molar-refractivity contribution in [3.8, 4) is 5.75 Å². The molecule has 0 aliphatic rings. The Kier molecular flexibility index (Phi) is 5.77. The van der Waals surface area contributed by atoms with Crippen molar-refractivity contribution >= 4 is 22.3 Å². The predicted octanol–water partition coefficient (Wildman–Crippen LogP) is 4.98. The number of ether oxygens (including phenoxy) is 1. The molecule has 5 heteroatoms. The average Bonchev–Trinajstić information content (AvgIpc) is 3.17. The molecule has 0 spiro atoms. The highest BCUT2D eigenvalue weighted by molar-refractivity contribution is 5.84. The lowest BCUT2D eigenvalue weighted by molar-refractivity contribution is 0.277. The Morgan fingerprint density at radius 3 is 2.66 bits per heavy atom. The van der Waals surface area contributed by atoms with Gasteiger partial charge in [0.1, 0.15) is 5.75 Å². The zero-order valence-corrected chi connectivity index (χ0v) is 16.5. The van der Waals surface area contributed by atoms with E-state index in [1.54, 1.807) is 13.3 Å². The van der Waals surface area contributed by atoms with Crippen LogP contribution >= 0.6 is 0 Å². The topological polar surface area (TPSA) is 70.2 Å². The Balaban J connectivity index is 1.33. The maximum absolute atomic E-state index is 9.20. The molecule has 2 heterocycles. The molecule has 0 atom stereocenters. The van der Waals surface area contributed by atoms with Crippen LogP contribution in [0.4, 0.5) is 11.4 Å². The zero-order valence-electron chi connectivity index (χ0n) is 16.5. The second-order valence-electron chi connectivity index (χ2n) is 7.09. The van der Waals surface area contributed by atoms with Crippen molar-refractivity contribution < 1.29 is 9.84 Å². The van der Waals surface area contributed by atoms with Crippen molar-refractivity contribution in [3.63, 3.8) is 0 Å². The molecule has 0 aliphatic heterocycles. The number of hydrogen-bond donors (Lipinski definition) is 3. The summed E-state index contributed by atoms with van der Waals surface area (Å²) in [6, 6.07) is 18.4. The van der Waals surface area contributed by atoms with E-state index >= 15 is 0 Å². The molecule has 0 saturated carbocycles. The highest BCUT2D eigenvalue weighted by Gasteiger charge is 2.05. The fraction of sp³-hybridized carbons (Fsp3) is 0.208. The number of aromatic nitrogens is 2. The number of aliphatic hydroxyl groups is 1. The smallest absolute Gasteiger partial charge is 0.120 e. The molecule has 0 radical (unpaired) electrons. The van der Waals surface area contributed by atoms with Gasteiger partial charge in [0, 0.05) is 40.7 Å². The maximum atomic E-state index is 9.20. The van der Waals surface area contributed by atoms with Gasteiger partial charge in [-0.1, -0.05) is 12.1 Å². The Morgan fingerprint density at radius 1 is 1.00 bits per heavy atom. The first kappa shape index (κ1) is 19.0. The molecule has 0 saturated heterocycles. The number of fused-ring (bicyclic) bond motifs is 1. The molecule has 148 valence electrons. The lowest BCUT2D eigenvalue weighted by Gasteiger charge is -2.08. The minimum Gasteiger partial charge on any atom is -0.497 e. The van der Waals surface area contributed by atoms with Crippen LogP contribution in [0.5, 0.6) is 5.75 Å². The fourth-order valence-electron chi connectivity index (χ4n) is 3.55. The lowest BCUT2D eigenvalue weighted by atomic mass is 10.0. The lowest BCUT2D eigenvalue weighted by Crippen LogP contribution is -1.95. The van der Waals surface area contributed by atoms with Crippen LogP contribution in [0.2, 0.25) is 0 Å². The Bertz CT molecular complexity index is 1090. The van der Waals surface area contributed by atoms with Crippen LogP contribution < -0.4 is 10.1 Å². The quantitative estimate of drug-likeness (QED) is 0.399. The average molecular weight is 387 g/mol. The largest absolute Gasteiger partial charge is 0.497 e. The number of aromatic amines is 1. The van der Waals surface area contributed by atoms with Gasteiger partial charge in [-0.25, -0.2) is 0 Å². The summed E-state index contributed by atoms with van der Waals surface area (Å²) in [7, 11) is 1.69. The van der Waals surface area contributed by atoms with E-state index in [1.807, 2.05) is 24.3 Å². The van der Waals surface area contributed by atoms with Gasteiger partial charge in [-0.3, -0.25) is 4.98 Å². The molecule has 29 heavy (non-hydrogen) atoms. The molecule has 4 rings (SSSR count). The van der Waals surface area contributed by atoms with Crippen LogP contribution in [0.1, 0.15) is 23.2 Å². The number of anilines is 2. The summed E-state index contributed by atoms with van der Waals surface area (Å²) in [6.45, 7) is -0.0571. The number of H-pyrrole nitrogens is 1. The van der Waals surface area contributed by atoms with Gasteiger partial charge in [-0.2, -0.15) is 0 Å². The molecule has 2 aromatic heterocycles. The standard InChI is InChI=1S/C24H25N3O2/c1-29-22-9-10-23-18(15-26-24(23)14-22)4-2-3-17-5-7-19(8-6-17)27-20-11-12-25-21(13-20)16-28/h5-15,26,28H,2-4,16H2,1H3,(H,25,27). The van der Waals surface area contributed by atoms with Crippen LogP contribution in [-0.4, -0.2) is 22.2 Å². The number of methoxy groups -OCH3 is 1. The summed E-state index contributed by atoms with van der Waals surface area (Å²) < 4.78 is 5.29. The molecule has 0 bridgehead atoms. The third kappa shape index (κ3) is 4.58. The predicted molar refractivity (Wildman–Crippen MR) is 117 cm³/mol. The number of benzene rings is 2. The van der Waals surface area contributed by atoms with Crippen LogP contribution in [0.25, 0.3) is 10.9 Å². The van der Waals surface area contributed by atoms with Gasteiger partial charge >= 0.3 is 0 Å². The van der Waals surface area contributed by atoms with Gasteiger partial charge in [0.25, 0.3) is 0 Å². The minimum absolute atomic E-state index is 0.0571. The highest BCUT2D eigenvalue weighted by atomic mass is 16.5. The first-order valence-corrected chi connectivity index (χ1v) is 9.81. The van der Waals surface area contributed by atoms with E-state index in [1.165, 1.54) is 16.5 Å². The number of nitrogens with zero attached hydrogens (tertiary/aromatic N) is 1. The summed E-state index contributed by atoms with van der Waals surface area (Å²) in [5, 5.41) is 13.8. The van der Waals surface area contributed by atoms with E-state index in [2.05, 4.69) is 51.8 Å². The third-order valence-electron chi connectivity index (χ3n) is 5.11. The molecule has 0 fully saturated rings. The molecule has 3 N–H and O–H groups in total. The zero-order chi connectivity index (χ0) is 20.1. The molecular formula is C24H25N3O2. The van der Waals surface area contributed by atoms with Crippen molar-refractivity contribution in [1.82, 2.24) is 9.97 Å². The van der Waals surface area contributed by atoms with Gasteiger partial charge in [-0.15, -0.1) is 0 Å². The Morgan fingerprint density at radius 2 is 1.86 bits per heavy atom. The van der Waals surface area contributed by atoms with Crippen molar-refractivity contribution in [3.05, 3.63) is 83.8 Å². The van der Waals surface area contributed by atoms with E-state index in [0.717, 1.165) is 41.9 Å². The van der Waals surface area contributed by atoms with E-state index in [9.17, 15) is 5.11 Å². The number of hydrogen-bond acceptors (Lipinski definition) is 4. The van der Waals surface area contributed by atoms with Crippen LogP contribution in [0.3, 0.4) is 0 Å². The molecule has 5 nitrogen and oxygen atoms in total. The van der Waals surface area contributed by atoms with Crippen molar-refractivity contribution in [2.24, 2.45) is 0 Å². The van der Waals surface area contributed by atoms with Gasteiger partial charge < -0.3 is 20.1 Å². The molecule has 0 unspecified atom stereocenters. The number of pyridine rings is 1. The normalized spacial score (nSPS) is 11.0. The molecule has 0 aliphatic carbocycles. The molecule has 4 aromatic rings. The number of aliphatic hydroxyl groups excluding tert-OH is 1. The van der Waals surface area contributed by atoms with Crippen LogP contribution in [0.15, 0.2) is 67.0 Å². The van der Waals surface area contributed by atoms with E-state index in [-0.39, 0.29) is 6.61 Å². The van der Waals surface area contributed by atoms with E-state index < -0.39 is 0 Å². The van der Waals surface area contributed by atoms with E-state index in [0.29, 0.717) is 5.69 Å². The fourth-order valence-corrected chi connectivity index (χ4v) is 3.55. The van der Waals surface area contributed by atoms with Gasteiger partial charge in [-0.05, 0) is 66.8 Å². The summed E-state index contributed by atoms with van der Waals surface area (Å²) in [5.74, 6) is 0.874. The highest BCUT2D eigenvalue weighted by Crippen LogP contribution is 2.25. The Hall–Kier alpha value is -3.31. The second-order valence-corrected chi connectivity index (χ2v) is 7.09. The first-order valence-electron chi connectivity index (χ1n) is 9.81. The first-order chi connectivity index (χ1) is 14.2. The summed E-state index contributed by atoms with van der Waals surface area (Å²) in [4.78, 5) is 7.44. The van der Waals surface area contributed by atoms with Crippen molar-refractivity contribution in [2.75, 3.05) is 12.4 Å². The molecule has 2 aromatic carbocycles. The van der Waals surface area contributed by atoms with Gasteiger partial charge in [0.15, 0.2) is 0 Å². The summed E-state index contributed by atoms with van der Waals surface area (Å²) in [6.07, 6.45) is 6.96. The van der Waals surface area contributed by atoms with Crippen LogP contribution in [0, 0.1) is 0 Å². The molecular weight excluding hydrogens is 362 g/mol.